The quantitative estimate of drug-likeness (QED) is 0.834. The summed E-state index contributed by atoms with van der Waals surface area (Å²) in [6, 6.07) is 5.10. The zero-order valence-electron chi connectivity index (χ0n) is 7.61. The lowest BCUT2D eigenvalue weighted by atomic mass is 10.4. The van der Waals surface area contributed by atoms with Crippen molar-refractivity contribution in [2.24, 2.45) is 0 Å². The van der Waals surface area contributed by atoms with E-state index in [4.69, 9.17) is 11.6 Å². The highest BCUT2D eigenvalue weighted by Gasteiger charge is 2.04. The molecule has 0 fully saturated rings. The van der Waals surface area contributed by atoms with Crippen molar-refractivity contribution in [1.29, 1.82) is 0 Å². The molecule has 0 aromatic carbocycles. The van der Waals surface area contributed by atoms with Crippen LogP contribution in [0.3, 0.4) is 0 Å². The average Bonchev–Trinajstić information content (AvgIpc) is 2.58. The van der Waals surface area contributed by atoms with Crippen molar-refractivity contribution >= 4 is 38.9 Å². The summed E-state index contributed by atoms with van der Waals surface area (Å²) < 4.78 is 2.51. The van der Waals surface area contributed by atoms with Crippen LogP contribution < -0.4 is 5.56 Å². The van der Waals surface area contributed by atoms with Crippen molar-refractivity contribution in [2.75, 3.05) is 0 Å². The van der Waals surface area contributed by atoms with Crippen LogP contribution in [-0.2, 0) is 6.54 Å². The van der Waals surface area contributed by atoms with Crippen molar-refractivity contribution in [3.63, 3.8) is 0 Å². The zero-order chi connectivity index (χ0) is 10.8. The molecular weight excluding hydrogens is 298 g/mol. The maximum atomic E-state index is 11.5. The molecule has 15 heavy (non-hydrogen) atoms. The first-order valence-corrected chi connectivity index (χ1v) is 6.30. The number of thiophene rings is 1. The van der Waals surface area contributed by atoms with Gasteiger partial charge in [-0.15, -0.1) is 11.3 Å². The summed E-state index contributed by atoms with van der Waals surface area (Å²) >= 11 is 10.8. The van der Waals surface area contributed by atoms with E-state index in [1.807, 2.05) is 11.4 Å². The smallest absolute Gasteiger partial charge is 0.250 e. The lowest BCUT2D eigenvalue weighted by Crippen LogP contribution is -2.18. The molecule has 0 saturated carbocycles. The van der Waals surface area contributed by atoms with Crippen molar-refractivity contribution in [3.05, 3.63) is 54.5 Å². The molecule has 0 atom stereocenters. The van der Waals surface area contributed by atoms with Crippen LogP contribution in [-0.4, -0.2) is 4.57 Å². The fourth-order valence-corrected chi connectivity index (χ4v) is 2.69. The minimum atomic E-state index is -0.0253. The molecule has 2 rings (SSSR count). The molecule has 0 unspecified atom stereocenters. The lowest BCUT2D eigenvalue weighted by molar-refractivity contribution is 0.767. The highest BCUT2D eigenvalue weighted by molar-refractivity contribution is 9.10. The van der Waals surface area contributed by atoms with Gasteiger partial charge < -0.3 is 4.57 Å². The van der Waals surface area contributed by atoms with Crippen LogP contribution >= 0.6 is 38.9 Å². The van der Waals surface area contributed by atoms with E-state index in [0.717, 1.165) is 9.35 Å². The molecule has 0 bridgehead atoms. The van der Waals surface area contributed by atoms with Crippen molar-refractivity contribution in [1.82, 2.24) is 4.57 Å². The molecule has 0 N–H and O–H groups in total. The van der Waals surface area contributed by atoms with Crippen LogP contribution in [0.2, 0.25) is 5.02 Å². The fourth-order valence-electron chi connectivity index (χ4n) is 1.22. The van der Waals surface area contributed by atoms with Gasteiger partial charge in [0.15, 0.2) is 0 Å². The molecule has 2 aromatic rings. The minimum absolute atomic E-state index is 0.0253. The van der Waals surface area contributed by atoms with Gasteiger partial charge in [-0.2, -0.15) is 0 Å². The molecular formula is C10H7BrClNOS. The van der Waals surface area contributed by atoms with Crippen LogP contribution in [0.15, 0.2) is 39.0 Å². The molecule has 2 heterocycles. The maximum Gasteiger partial charge on any atom is 0.250 e. The van der Waals surface area contributed by atoms with E-state index in [-0.39, 0.29) is 5.56 Å². The number of aromatic nitrogens is 1. The first-order chi connectivity index (χ1) is 7.16. The SMILES string of the molecule is O=c1ccc(Br)cn1Cc1sccc1Cl. The van der Waals surface area contributed by atoms with Crippen LogP contribution in [0.5, 0.6) is 0 Å². The highest BCUT2D eigenvalue weighted by atomic mass is 79.9. The summed E-state index contributed by atoms with van der Waals surface area (Å²) in [7, 11) is 0. The monoisotopic (exact) mass is 303 g/mol. The number of nitrogens with zero attached hydrogens (tertiary/aromatic N) is 1. The molecule has 0 aliphatic carbocycles. The van der Waals surface area contributed by atoms with E-state index < -0.39 is 0 Å². The Balaban J connectivity index is 2.36. The van der Waals surface area contributed by atoms with E-state index in [9.17, 15) is 4.79 Å². The second kappa shape index (κ2) is 4.51. The Morgan fingerprint density at radius 1 is 1.40 bits per heavy atom. The Morgan fingerprint density at radius 2 is 2.20 bits per heavy atom. The molecule has 2 aromatic heterocycles. The van der Waals surface area contributed by atoms with Crippen LogP contribution in [0.25, 0.3) is 0 Å². The molecule has 0 aliphatic rings. The van der Waals surface area contributed by atoms with Gasteiger partial charge in [0.2, 0.25) is 0 Å². The molecule has 0 aliphatic heterocycles. The van der Waals surface area contributed by atoms with E-state index in [1.54, 1.807) is 28.2 Å². The number of pyridine rings is 1. The van der Waals surface area contributed by atoms with Gasteiger partial charge in [-0.3, -0.25) is 4.79 Å². The number of hydrogen-bond acceptors (Lipinski definition) is 2. The maximum absolute atomic E-state index is 11.5. The van der Waals surface area contributed by atoms with Crippen LogP contribution in [0, 0.1) is 0 Å². The Hall–Kier alpha value is -0.580. The topological polar surface area (TPSA) is 22.0 Å². The summed E-state index contributed by atoms with van der Waals surface area (Å²) in [6.07, 6.45) is 1.76. The predicted molar refractivity (Wildman–Crippen MR) is 66.8 cm³/mol. The Labute approximate surface area is 104 Å². The van der Waals surface area contributed by atoms with E-state index >= 15 is 0 Å². The fraction of sp³-hybridized carbons (Fsp3) is 0.100. The molecule has 0 spiro atoms. The first-order valence-electron chi connectivity index (χ1n) is 4.24. The van der Waals surface area contributed by atoms with Crippen LogP contribution in [0.4, 0.5) is 0 Å². The highest BCUT2D eigenvalue weighted by Crippen LogP contribution is 2.22. The van der Waals surface area contributed by atoms with E-state index in [0.29, 0.717) is 11.6 Å². The third-order valence-corrected chi connectivity index (χ3v) is 3.79. The number of hydrogen-bond donors (Lipinski definition) is 0. The van der Waals surface area contributed by atoms with Crippen molar-refractivity contribution in [2.45, 2.75) is 6.54 Å². The summed E-state index contributed by atoms with van der Waals surface area (Å²) in [5.41, 5.74) is -0.0253. The molecule has 78 valence electrons. The molecule has 0 amide bonds. The van der Waals surface area contributed by atoms with Crippen molar-refractivity contribution in [3.8, 4) is 0 Å². The summed E-state index contributed by atoms with van der Waals surface area (Å²) in [6.45, 7) is 0.523. The average molecular weight is 305 g/mol. The number of rotatable bonds is 2. The van der Waals surface area contributed by atoms with Gasteiger partial charge in [0, 0.05) is 21.6 Å². The lowest BCUT2D eigenvalue weighted by Gasteiger charge is -2.04. The summed E-state index contributed by atoms with van der Waals surface area (Å²) in [4.78, 5) is 12.5. The van der Waals surface area contributed by atoms with Gasteiger partial charge in [0.05, 0.1) is 11.6 Å². The Morgan fingerprint density at radius 3 is 2.87 bits per heavy atom. The first kappa shape index (κ1) is 10.9. The van der Waals surface area contributed by atoms with Crippen LogP contribution in [0.1, 0.15) is 4.88 Å². The van der Waals surface area contributed by atoms with E-state index in [1.165, 1.54) is 6.07 Å². The predicted octanol–water partition coefficient (Wildman–Crippen LogP) is 3.37. The zero-order valence-corrected chi connectivity index (χ0v) is 10.8. The summed E-state index contributed by atoms with van der Waals surface area (Å²) in [5.74, 6) is 0. The largest absolute Gasteiger partial charge is 0.309 e. The van der Waals surface area contributed by atoms with Gasteiger partial charge in [0.25, 0.3) is 5.56 Å². The van der Waals surface area contributed by atoms with E-state index in [2.05, 4.69) is 15.9 Å². The van der Waals surface area contributed by atoms with Crippen molar-refractivity contribution < 1.29 is 0 Å². The molecule has 5 heteroatoms. The molecule has 0 saturated heterocycles. The van der Waals surface area contributed by atoms with Gasteiger partial charge in [0.1, 0.15) is 0 Å². The molecule has 0 radical (unpaired) electrons. The standard InChI is InChI=1S/C10H7BrClNOS/c11-7-1-2-10(14)13(5-7)6-9-8(12)3-4-15-9/h1-5H,6H2. The number of halogens is 2. The molecule has 2 nitrogen and oxygen atoms in total. The van der Waals surface area contributed by atoms with Gasteiger partial charge in [-0.1, -0.05) is 11.6 Å². The van der Waals surface area contributed by atoms with Gasteiger partial charge in [-0.05, 0) is 33.4 Å². The normalized spacial score (nSPS) is 10.5. The third-order valence-electron chi connectivity index (χ3n) is 1.95. The third kappa shape index (κ3) is 2.51. The second-order valence-electron chi connectivity index (χ2n) is 3.01. The minimum Gasteiger partial charge on any atom is -0.309 e. The van der Waals surface area contributed by atoms with Gasteiger partial charge in [-0.25, -0.2) is 0 Å². The second-order valence-corrected chi connectivity index (χ2v) is 5.33. The van der Waals surface area contributed by atoms with Gasteiger partial charge >= 0.3 is 0 Å². The summed E-state index contributed by atoms with van der Waals surface area (Å²) in [5, 5.41) is 2.63. The Bertz CT molecular complexity index is 534. The Kier molecular flexibility index (Phi) is 3.29.